The number of hydrogen-bond acceptors (Lipinski definition) is 7. The summed E-state index contributed by atoms with van der Waals surface area (Å²) in [5.74, 6) is 0.147. The van der Waals surface area contributed by atoms with Gasteiger partial charge in [-0.2, -0.15) is 0 Å². The molecule has 4 aromatic rings. The summed E-state index contributed by atoms with van der Waals surface area (Å²) in [6.45, 7) is 1.91. The molecule has 5 rings (SSSR count). The molecule has 0 bridgehead atoms. The van der Waals surface area contributed by atoms with Gasteiger partial charge in [-0.25, -0.2) is 9.79 Å². The SMILES string of the molecule is CCOC(=O)C1=C(c2ccccc2)N=c2s/c(=C\c3cc(Br)ccc3O)c(=O)n2[C@H]1c1ccc(OC)cc1. The number of halogens is 1. The molecule has 7 nitrogen and oxygen atoms in total. The van der Waals surface area contributed by atoms with E-state index in [-0.39, 0.29) is 23.5 Å². The number of aromatic nitrogens is 1. The second-order valence-corrected chi connectivity index (χ2v) is 10.3. The number of esters is 1. The number of ether oxygens (including phenoxy) is 2. The molecule has 192 valence electrons. The zero-order valence-electron chi connectivity index (χ0n) is 20.6. The van der Waals surface area contributed by atoms with Gasteiger partial charge < -0.3 is 14.6 Å². The Morgan fingerprint density at radius 3 is 2.55 bits per heavy atom. The number of carbonyl (C=O) groups excluding carboxylic acids is 1. The van der Waals surface area contributed by atoms with Crippen molar-refractivity contribution in [3.05, 3.63) is 119 Å². The van der Waals surface area contributed by atoms with Gasteiger partial charge in [0.2, 0.25) is 0 Å². The van der Waals surface area contributed by atoms with Crippen LogP contribution in [0.1, 0.15) is 29.7 Å². The van der Waals surface area contributed by atoms with Crippen LogP contribution >= 0.6 is 27.3 Å². The quantitative estimate of drug-likeness (QED) is 0.336. The molecule has 0 saturated heterocycles. The van der Waals surface area contributed by atoms with Crippen molar-refractivity contribution in [2.75, 3.05) is 13.7 Å². The third-order valence-electron chi connectivity index (χ3n) is 6.08. The van der Waals surface area contributed by atoms with E-state index in [1.165, 1.54) is 15.9 Å². The minimum absolute atomic E-state index is 0.0444. The molecule has 1 aromatic heterocycles. The Morgan fingerprint density at radius 2 is 1.87 bits per heavy atom. The fourth-order valence-corrected chi connectivity index (χ4v) is 5.69. The summed E-state index contributed by atoms with van der Waals surface area (Å²) in [5.41, 5.74) is 2.31. The molecule has 9 heteroatoms. The lowest BCUT2D eigenvalue weighted by Crippen LogP contribution is -2.40. The Kier molecular flexibility index (Phi) is 7.31. The van der Waals surface area contributed by atoms with E-state index in [9.17, 15) is 14.7 Å². The lowest BCUT2D eigenvalue weighted by atomic mass is 9.93. The first-order valence-corrected chi connectivity index (χ1v) is 13.4. The normalized spacial score (nSPS) is 15.1. The molecule has 0 aliphatic carbocycles. The number of carbonyl (C=O) groups is 1. The third-order valence-corrected chi connectivity index (χ3v) is 7.56. The molecule has 0 fully saturated rings. The summed E-state index contributed by atoms with van der Waals surface area (Å²) in [6, 6.07) is 20.8. The van der Waals surface area contributed by atoms with Crippen LogP contribution in [0.3, 0.4) is 0 Å². The predicted octanol–water partition coefficient (Wildman–Crippen LogP) is 4.41. The van der Waals surface area contributed by atoms with Gasteiger partial charge in [0.05, 0.1) is 35.6 Å². The standard InChI is InChI=1S/C29H23BrN2O5S/c1-3-37-28(35)24-25(17-7-5-4-6-8-17)31-29-32(26(24)18-9-12-21(36-2)13-10-18)27(34)23(38-29)16-19-15-20(30)11-14-22(19)33/h4-16,26,33H,3H2,1-2H3/b23-16-/t26-/m0/s1. The van der Waals surface area contributed by atoms with E-state index in [0.717, 1.165) is 10.0 Å². The number of rotatable bonds is 6. The highest BCUT2D eigenvalue weighted by molar-refractivity contribution is 9.10. The van der Waals surface area contributed by atoms with Gasteiger partial charge in [-0.3, -0.25) is 9.36 Å². The first kappa shape index (κ1) is 25.7. The van der Waals surface area contributed by atoms with Gasteiger partial charge in [-0.05, 0) is 48.9 Å². The van der Waals surface area contributed by atoms with Gasteiger partial charge >= 0.3 is 5.97 Å². The lowest BCUT2D eigenvalue weighted by molar-refractivity contribution is -0.138. The first-order chi connectivity index (χ1) is 18.4. The molecule has 0 unspecified atom stereocenters. The highest BCUT2D eigenvalue weighted by Crippen LogP contribution is 2.35. The Hall–Kier alpha value is -3.95. The van der Waals surface area contributed by atoms with E-state index >= 15 is 0 Å². The summed E-state index contributed by atoms with van der Waals surface area (Å²) in [7, 11) is 1.58. The molecule has 1 atom stereocenters. The van der Waals surface area contributed by atoms with E-state index in [0.29, 0.717) is 31.9 Å². The predicted molar refractivity (Wildman–Crippen MR) is 150 cm³/mol. The van der Waals surface area contributed by atoms with Crippen LogP contribution in [-0.2, 0) is 9.53 Å². The summed E-state index contributed by atoms with van der Waals surface area (Å²) in [4.78, 5) is 32.6. The van der Waals surface area contributed by atoms with Crippen LogP contribution in [0.4, 0.5) is 0 Å². The van der Waals surface area contributed by atoms with Crippen LogP contribution in [0.5, 0.6) is 11.5 Å². The summed E-state index contributed by atoms with van der Waals surface area (Å²) in [6.07, 6.45) is 1.63. The van der Waals surface area contributed by atoms with E-state index in [1.54, 1.807) is 50.4 Å². The number of benzene rings is 3. The maximum absolute atomic E-state index is 13.9. The van der Waals surface area contributed by atoms with Crippen LogP contribution in [0.15, 0.2) is 92.6 Å². The van der Waals surface area contributed by atoms with E-state index < -0.39 is 12.0 Å². The van der Waals surface area contributed by atoms with E-state index in [2.05, 4.69) is 15.9 Å². The smallest absolute Gasteiger partial charge is 0.338 e. The molecule has 38 heavy (non-hydrogen) atoms. The third kappa shape index (κ3) is 4.82. The van der Waals surface area contributed by atoms with Gasteiger partial charge in [0.1, 0.15) is 11.5 Å². The van der Waals surface area contributed by atoms with Crippen molar-refractivity contribution in [3.63, 3.8) is 0 Å². The number of fused-ring (bicyclic) bond motifs is 1. The molecule has 2 heterocycles. The number of thiazole rings is 1. The number of methoxy groups -OCH3 is 1. The molecule has 1 aliphatic rings. The fourth-order valence-electron chi connectivity index (χ4n) is 4.32. The highest BCUT2D eigenvalue weighted by atomic mass is 79.9. The molecule has 0 radical (unpaired) electrons. The van der Waals surface area contributed by atoms with Gasteiger partial charge in [-0.1, -0.05) is 69.7 Å². The molecule has 3 aromatic carbocycles. The van der Waals surface area contributed by atoms with Crippen LogP contribution in [0.25, 0.3) is 11.8 Å². The Morgan fingerprint density at radius 1 is 1.13 bits per heavy atom. The molecular weight excluding hydrogens is 568 g/mol. The average Bonchev–Trinajstić information content (AvgIpc) is 3.25. The zero-order valence-corrected chi connectivity index (χ0v) is 23.0. The van der Waals surface area contributed by atoms with Gasteiger partial charge in [0, 0.05) is 15.6 Å². The Bertz CT molecular complexity index is 1720. The van der Waals surface area contributed by atoms with Crippen molar-refractivity contribution in [2.45, 2.75) is 13.0 Å². The number of phenolic OH excluding ortho intramolecular Hbond substituents is 1. The molecule has 0 amide bonds. The zero-order chi connectivity index (χ0) is 26.8. The summed E-state index contributed by atoms with van der Waals surface area (Å²) < 4.78 is 13.5. The van der Waals surface area contributed by atoms with Crippen molar-refractivity contribution in [1.29, 1.82) is 0 Å². The maximum Gasteiger partial charge on any atom is 0.338 e. The second kappa shape index (κ2) is 10.8. The van der Waals surface area contributed by atoms with Gasteiger partial charge in [-0.15, -0.1) is 0 Å². The summed E-state index contributed by atoms with van der Waals surface area (Å²) in [5, 5.41) is 10.4. The summed E-state index contributed by atoms with van der Waals surface area (Å²) >= 11 is 4.61. The maximum atomic E-state index is 13.9. The molecule has 0 saturated carbocycles. The molecule has 1 N–H and O–H groups in total. The van der Waals surface area contributed by atoms with Gasteiger partial charge in [0.25, 0.3) is 5.56 Å². The van der Waals surface area contributed by atoms with E-state index in [1.807, 2.05) is 42.5 Å². The minimum Gasteiger partial charge on any atom is -0.507 e. The van der Waals surface area contributed by atoms with Crippen molar-refractivity contribution in [2.24, 2.45) is 4.99 Å². The second-order valence-electron chi connectivity index (χ2n) is 8.41. The van der Waals surface area contributed by atoms with Crippen LogP contribution in [0.2, 0.25) is 0 Å². The Labute approximate surface area is 230 Å². The average molecular weight is 591 g/mol. The number of aromatic hydroxyl groups is 1. The topological polar surface area (TPSA) is 90.1 Å². The van der Waals surface area contributed by atoms with Crippen molar-refractivity contribution >= 4 is 45.0 Å². The van der Waals surface area contributed by atoms with Crippen LogP contribution in [-0.4, -0.2) is 29.4 Å². The van der Waals surface area contributed by atoms with E-state index in [4.69, 9.17) is 14.5 Å². The van der Waals surface area contributed by atoms with Crippen molar-refractivity contribution in [3.8, 4) is 11.5 Å². The number of hydrogen-bond donors (Lipinski definition) is 1. The molecular formula is C29H23BrN2O5S. The van der Waals surface area contributed by atoms with Crippen LogP contribution < -0.4 is 19.6 Å². The minimum atomic E-state index is -0.787. The molecule has 1 aliphatic heterocycles. The fraction of sp³-hybridized carbons (Fsp3) is 0.138. The van der Waals surface area contributed by atoms with Crippen molar-refractivity contribution < 1.29 is 19.4 Å². The largest absolute Gasteiger partial charge is 0.507 e. The Balaban J connectivity index is 1.83. The van der Waals surface area contributed by atoms with Crippen molar-refractivity contribution in [1.82, 2.24) is 4.57 Å². The molecule has 0 spiro atoms. The number of nitrogens with zero attached hydrogens (tertiary/aromatic N) is 2. The number of phenols is 1. The lowest BCUT2D eigenvalue weighted by Gasteiger charge is -2.26. The monoisotopic (exact) mass is 590 g/mol. The van der Waals surface area contributed by atoms with Gasteiger partial charge in [0.15, 0.2) is 4.80 Å². The highest BCUT2D eigenvalue weighted by Gasteiger charge is 2.35. The first-order valence-electron chi connectivity index (χ1n) is 11.8. The van der Waals surface area contributed by atoms with Crippen LogP contribution in [0, 0.1) is 0 Å².